The van der Waals surface area contributed by atoms with E-state index < -0.39 is 14.1 Å². The number of benzene rings is 1. The van der Waals surface area contributed by atoms with E-state index in [1.165, 1.54) is 19.3 Å². The summed E-state index contributed by atoms with van der Waals surface area (Å²) in [6.07, 6.45) is 5.16. The third-order valence-electron chi connectivity index (χ3n) is 5.88. The van der Waals surface area contributed by atoms with Gasteiger partial charge in [-0.15, -0.1) is 0 Å². The summed E-state index contributed by atoms with van der Waals surface area (Å²) in [6, 6.07) is 10.4. The smallest absolute Gasteiger partial charge is 0.195 e. The van der Waals surface area contributed by atoms with Crippen LogP contribution in [0.1, 0.15) is 64.5 Å². The third-order valence-corrected chi connectivity index (χ3v) is 10.3. The second kappa shape index (κ2) is 6.56. The molecule has 0 bridgehead atoms. The lowest BCUT2D eigenvalue weighted by Gasteiger charge is -2.39. The van der Waals surface area contributed by atoms with E-state index in [1.54, 1.807) is 0 Å². The Morgan fingerprint density at radius 3 is 2.21 bits per heavy atom. The predicted octanol–water partition coefficient (Wildman–Crippen LogP) is 5.78. The molecule has 24 heavy (non-hydrogen) atoms. The minimum atomic E-state index is -1.93. The summed E-state index contributed by atoms with van der Waals surface area (Å²) in [5.74, 6) is -0.439. The van der Waals surface area contributed by atoms with E-state index in [0.29, 0.717) is 0 Å². The van der Waals surface area contributed by atoms with Crippen molar-refractivity contribution in [2.24, 2.45) is 0 Å². The van der Waals surface area contributed by atoms with Crippen LogP contribution in [0.4, 0.5) is 0 Å². The van der Waals surface area contributed by atoms with E-state index in [4.69, 9.17) is 13.9 Å². The molecule has 3 nitrogen and oxygen atoms in total. The van der Waals surface area contributed by atoms with Gasteiger partial charge in [0.1, 0.15) is 6.10 Å². The first-order valence-electron chi connectivity index (χ1n) is 9.31. The standard InChI is InChI=1S/C20H32O3Si/c1-19(2,3)24(4,5)23-18-17(16-12-8-6-9-13-16)21-20(22-18)14-10-7-11-15-20/h6,8-9,12-13,17-18H,7,10-11,14-15H2,1-5H3/t17-,18-/m1/s1. The molecule has 0 radical (unpaired) electrons. The third kappa shape index (κ3) is 3.62. The molecule has 134 valence electrons. The molecule has 1 heterocycles. The van der Waals surface area contributed by atoms with Crippen LogP contribution in [0.3, 0.4) is 0 Å². The molecule has 1 spiro atoms. The highest BCUT2D eigenvalue weighted by Gasteiger charge is 2.52. The zero-order valence-corrected chi connectivity index (χ0v) is 16.8. The van der Waals surface area contributed by atoms with Crippen LogP contribution in [0.15, 0.2) is 30.3 Å². The Bertz CT molecular complexity index is 544. The molecule has 1 saturated carbocycles. The van der Waals surface area contributed by atoms with Crippen LogP contribution in [-0.2, 0) is 13.9 Å². The molecule has 0 aromatic heterocycles. The molecule has 2 atom stereocenters. The first-order chi connectivity index (χ1) is 11.2. The maximum Gasteiger partial charge on any atom is 0.195 e. The van der Waals surface area contributed by atoms with Crippen LogP contribution in [-0.4, -0.2) is 20.4 Å². The summed E-state index contributed by atoms with van der Waals surface area (Å²) < 4.78 is 19.6. The minimum absolute atomic E-state index is 0.126. The maximum absolute atomic E-state index is 6.65. The van der Waals surface area contributed by atoms with Crippen molar-refractivity contribution in [2.45, 2.75) is 89.2 Å². The zero-order chi connectivity index (χ0) is 17.4. The number of rotatable bonds is 3. The summed E-state index contributed by atoms with van der Waals surface area (Å²) in [7, 11) is -1.93. The summed E-state index contributed by atoms with van der Waals surface area (Å²) in [4.78, 5) is 0. The van der Waals surface area contributed by atoms with E-state index in [-0.39, 0.29) is 17.4 Å². The molecule has 2 aliphatic rings. The van der Waals surface area contributed by atoms with Gasteiger partial charge in [-0.3, -0.25) is 0 Å². The Kier molecular flexibility index (Phi) is 4.95. The lowest BCUT2D eigenvalue weighted by molar-refractivity contribution is -0.212. The Morgan fingerprint density at radius 2 is 1.62 bits per heavy atom. The molecule has 1 aromatic carbocycles. The summed E-state index contributed by atoms with van der Waals surface area (Å²) >= 11 is 0. The fourth-order valence-electron chi connectivity index (χ4n) is 3.34. The summed E-state index contributed by atoms with van der Waals surface area (Å²) in [5.41, 5.74) is 1.16. The topological polar surface area (TPSA) is 27.7 Å². The largest absolute Gasteiger partial charge is 0.390 e. The van der Waals surface area contributed by atoms with Crippen molar-refractivity contribution in [1.29, 1.82) is 0 Å². The van der Waals surface area contributed by atoms with Gasteiger partial charge in [0.25, 0.3) is 0 Å². The Morgan fingerprint density at radius 1 is 1.00 bits per heavy atom. The van der Waals surface area contributed by atoms with Gasteiger partial charge in [0, 0.05) is 12.8 Å². The molecule has 1 aromatic rings. The van der Waals surface area contributed by atoms with E-state index >= 15 is 0 Å². The van der Waals surface area contributed by atoms with Crippen molar-refractivity contribution in [2.75, 3.05) is 0 Å². The van der Waals surface area contributed by atoms with E-state index in [2.05, 4.69) is 58.1 Å². The molecule has 3 rings (SSSR count). The van der Waals surface area contributed by atoms with Gasteiger partial charge in [-0.2, -0.15) is 0 Å². The molecule has 1 aliphatic heterocycles. The van der Waals surface area contributed by atoms with Gasteiger partial charge in [0.2, 0.25) is 0 Å². The van der Waals surface area contributed by atoms with E-state index in [0.717, 1.165) is 18.4 Å². The Balaban J connectivity index is 1.86. The van der Waals surface area contributed by atoms with E-state index in [9.17, 15) is 0 Å². The van der Waals surface area contributed by atoms with Gasteiger partial charge in [0.15, 0.2) is 20.4 Å². The van der Waals surface area contributed by atoms with Crippen LogP contribution in [0.2, 0.25) is 18.1 Å². The molecule has 2 fully saturated rings. The number of hydrogen-bond donors (Lipinski definition) is 0. The fourth-order valence-corrected chi connectivity index (χ4v) is 4.44. The lowest BCUT2D eigenvalue weighted by atomic mass is 9.94. The molecular formula is C20H32O3Si. The first-order valence-corrected chi connectivity index (χ1v) is 12.2. The summed E-state index contributed by atoms with van der Waals surface area (Å²) in [6.45, 7) is 11.4. The highest BCUT2D eigenvalue weighted by molar-refractivity contribution is 6.74. The molecule has 0 unspecified atom stereocenters. The van der Waals surface area contributed by atoms with E-state index in [1.807, 2.05) is 6.07 Å². The molecule has 1 saturated heterocycles. The fraction of sp³-hybridized carbons (Fsp3) is 0.700. The van der Waals surface area contributed by atoms with Gasteiger partial charge in [-0.05, 0) is 36.5 Å². The van der Waals surface area contributed by atoms with Crippen molar-refractivity contribution in [3.63, 3.8) is 0 Å². The molecule has 0 amide bonds. The quantitative estimate of drug-likeness (QED) is 0.648. The van der Waals surface area contributed by atoms with Crippen LogP contribution >= 0.6 is 0 Å². The van der Waals surface area contributed by atoms with Crippen molar-refractivity contribution in [3.8, 4) is 0 Å². The summed E-state index contributed by atoms with van der Waals surface area (Å²) in [5, 5.41) is 0.153. The van der Waals surface area contributed by atoms with Gasteiger partial charge in [-0.1, -0.05) is 57.5 Å². The van der Waals surface area contributed by atoms with Gasteiger partial charge < -0.3 is 13.9 Å². The van der Waals surface area contributed by atoms with Gasteiger partial charge >= 0.3 is 0 Å². The highest BCUT2D eigenvalue weighted by atomic mass is 28.4. The van der Waals surface area contributed by atoms with Crippen LogP contribution in [0.25, 0.3) is 0 Å². The van der Waals surface area contributed by atoms with Gasteiger partial charge in [0.05, 0.1) is 0 Å². The maximum atomic E-state index is 6.65. The normalized spacial score (nSPS) is 27.5. The Labute approximate surface area is 147 Å². The predicted molar refractivity (Wildman–Crippen MR) is 99.2 cm³/mol. The molecule has 0 N–H and O–H groups in total. The first kappa shape index (κ1) is 18.1. The second-order valence-corrected chi connectivity index (χ2v) is 13.5. The van der Waals surface area contributed by atoms with Crippen molar-refractivity contribution in [1.82, 2.24) is 0 Å². The highest BCUT2D eigenvalue weighted by Crippen LogP contribution is 2.48. The van der Waals surface area contributed by atoms with Crippen LogP contribution in [0, 0.1) is 0 Å². The zero-order valence-electron chi connectivity index (χ0n) is 15.8. The van der Waals surface area contributed by atoms with Gasteiger partial charge in [-0.25, -0.2) is 0 Å². The second-order valence-electron chi connectivity index (χ2n) is 8.78. The lowest BCUT2D eigenvalue weighted by Crippen LogP contribution is -2.45. The number of hydrogen-bond acceptors (Lipinski definition) is 3. The van der Waals surface area contributed by atoms with Crippen molar-refractivity contribution >= 4 is 8.32 Å². The van der Waals surface area contributed by atoms with Crippen molar-refractivity contribution < 1.29 is 13.9 Å². The van der Waals surface area contributed by atoms with Crippen LogP contribution < -0.4 is 0 Å². The monoisotopic (exact) mass is 348 g/mol. The molecular weight excluding hydrogens is 316 g/mol. The SMILES string of the molecule is CC(C)(C)[Si](C)(C)O[C@H]1OC2(CCCCC2)O[C@@H]1c1ccccc1. The minimum Gasteiger partial charge on any atom is -0.390 e. The molecule has 4 heteroatoms. The average molecular weight is 349 g/mol. The van der Waals surface area contributed by atoms with Crippen LogP contribution in [0.5, 0.6) is 0 Å². The Hall–Kier alpha value is -0.683. The van der Waals surface area contributed by atoms with Crippen molar-refractivity contribution in [3.05, 3.63) is 35.9 Å². The molecule has 1 aliphatic carbocycles. The number of ether oxygens (including phenoxy) is 2. The average Bonchev–Trinajstić information content (AvgIpc) is 2.85.